The zero-order valence-corrected chi connectivity index (χ0v) is 13.9. The highest BCUT2D eigenvalue weighted by Gasteiger charge is 2.20. The predicted octanol–water partition coefficient (Wildman–Crippen LogP) is 0.293. The van der Waals surface area contributed by atoms with E-state index in [9.17, 15) is 13.2 Å². The van der Waals surface area contributed by atoms with Crippen molar-refractivity contribution in [1.29, 1.82) is 0 Å². The maximum atomic E-state index is 12.4. The molecule has 0 unspecified atom stereocenters. The number of anilines is 1. The van der Waals surface area contributed by atoms with Gasteiger partial charge in [0.2, 0.25) is 0 Å². The van der Waals surface area contributed by atoms with Crippen molar-refractivity contribution in [2.24, 2.45) is 0 Å². The summed E-state index contributed by atoms with van der Waals surface area (Å²) in [6.07, 6.45) is 0. The number of rotatable bonds is 4. The van der Waals surface area contributed by atoms with Gasteiger partial charge in [-0.2, -0.15) is 12.7 Å². The van der Waals surface area contributed by atoms with Gasteiger partial charge in [0.05, 0.1) is 0 Å². The molecular weight excluding hydrogens is 304 g/mol. The van der Waals surface area contributed by atoms with Gasteiger partial charge in [-0.1, -0.05) is 0 Å². The van der Waals surface area contributed by atoms with Crippen LogP contribution in [0.4, 0.5) is 5.69 Å². The van der Waals surface area contributed by atoms with E-state index in [1.165, 1.54) is 14.1 Å². The van der Waals surface area contributed by atoms with E-state index in [4.69, 9.17) is 0 Å². The number of hydrogen-bond acceptors (Lipinski definition) is 4. The average molecular weight is 326 g/mol. The molecule has 2 rings (SSSR count). The van der Waals surface area contributed by atoms with E-state index in [0.29, 0.717) is 24.3 Å². The third-order valence-electron chi connectivity index (χ3n) is 3.65. The second-order valence-electron chi connectivity index (χ2n) is 5.56. The highest BCUT2D eigenvalue weighted by molar-refractivity contribution is 7.90. The third-order valence-corrected chi connectivity index (χ3v) is 5.10. The molecule has 1 N–H and O–H groups in total. The van der Waals surface area contributed by atoms with Crippen LogP contribution in [0.15, 0.2) is 24.3 Å². The van der Waals surface area contributed by atoms with Crippen LogP contribution in [0.25, 0.3) is 0 Å². The lowest BCUT2D eigenvalue weighted by Gasteiger charge is -2.32. The lowest BCUT2D eigenvalue weighted by molar-refractivity contribution is 0.0664. The number of amides is 1. The van der Waals surface area contributed by atoms with Gasteiger partial charge < -0.3 is 9.80 Å². The first kappa shape index (κ1) is 16.7. The van der Waals surface area contributed by atoms with Crippen LogP contribution in [0.3, 0.4) is 0 Å². The first-order valence-corrected chi connectivity index (χ1v) is 8.52. The van der Waals surface area contributed by atoms with Gasteiger partial charge in [-0.15, -0.1) is 0 Å². The number of carbonyl (C=O) groups excluding carboxylic acids is 1. The molecule has 0 bridgehead atoms. The normalized spacial score (nSPS) is 16.8. The quantitative estimate of drug-likeness (QED) is 0.863. The Morgan fingerprint density at radius 1 is 1.09 bits per heavy atom. The summed E-state index contributed by atoms with van der Waals surface area (Å²) < 4.78 is 27.0. The summed E-state index contributed by atoms with van der Waals surface area (Å²) in [7, 11) is 1.41. The molecule has 1 aromatic rings. The van der Waals surface area contributed by atoms with Crippen LogP contribution in [0, 0.1) is 0 Å². The molecule has 1 aliphatic heterocycles. The molecule has 0 atom stereocenters. The van der Waals surface area contributed by atoms with Gasteiger partial charge in [0.25, 0.3) is 5.91 Å². The molecule has 0 spiro atoms. The SMILES string of the molecule is CN1CCN(C(=O)c2ccc(NS(=O)(=O)N(C)C)cc2)CC1. The Balaban J connectivity index is 2.04. The molecule has 122 valence electrons. The Labute approximate surface area is 131 Å². The minimum atomic E-state index is -3.53. The van der Waals surface area contributed by atoms with Gasteiger partial charge in [-0.25, -0.2) is 0 Å². The first-order valence-electron chi connectivity index (χ1n) is 7.08. The van der Waals surface area contributed by atoms with E-state index in [0.717, 1.165) is 17.4 Å². The molecule has 0 saturated carbocycles. The molecule has 1 aliphatic rings. The molecule has 1 aromatic carbocycles. The smallest absolute Gasteiger partial charge is 0.301 e. The molecule has 1 amide bonds. The first-order chi connectivity index (χ1) is 10.3. The molecular formula is C14H22N4O3S. The molecule has 0 aliphatic carbocycles. The van der Waals surface area contributed by atoms with Crippen LogP contribution in [-0.2, 0) is 10.2 Å². The number of carbonyl (C=O) groups is 1. The summed E-state index contributed by atoms with van der Waals surface area (Å²) in [6, 6.07) is 6.50. The lowest BCUT2D eigenvalue weighted by atomic mass is 10.1. The molecule has 8 heteroatoms. The van der Waals surface area contributed by atoms with Crippen molar-refractivity contribution in [3.05, 3.63) is 29.8 Å². The number of nitrogens with zero attached hydrogens (tertiary/aromatic N) is 3. The highest BCUT2D eigenvalue weighted by Crippen LogP contribution is 2.14. The predicted molar refractivity (Wildman–Crippen MR) is 86.1 cm³/mol. The second-order valence-corrected chi connectivity index (χ2v) is 7.45. The van der Waals surface area contributed by atoms with Gasteiger partial charge in [-0.05, 0) is 31.3 Å². The topological polar surface area (TPSA) is 73.0 Å². The average Bonchev–Trinajstić information content (AvgIpc) is 2.47. The Hall–Kier alpha value is -1.64. The third kappa shape index (κ3) is 3.96. The number of hydrogen-bond donors (Lipinski definition) is 1. The number of likely N-dealkylation sites (N-methyl/N-ethyl adjacent to an activating group) is 1. The van der Waals surface area contributed by atoms with E-state index in [1.54, 1.807) is 24.3 Å². The summed E-state index contributed by atoms with van der Waals surface area (Å²) >= 11 is 0. The zero-order chi connectivity index (χ0) is 16.3. The number of piperazine rings is 1. The van der Waals surface area contributed by atoms with Crippen LogP contribution in [0.5, 0.6) is 0 Å². The summed E-state index contributed by atoms with van der Waals surface area (Å²) in [4.78, 5) is 16.4. The summed E-state index contributed by atoms with van der Waals surface area (Å²) in [5.41, 5.74) is 1.00. The van der Waals surface area contributed by atoms with E-state index in [-0.39, 0.29) is 5.91 Å². The van der Waals surface area contributed by atoms with E-state index >= 15 is 0 Å². The molecule has 22 heavy (non-hydrogen) atoms. The number of benzene rings is 1. The Bertz CT molecular complexity index is 620. The monoisotopic (exact) mass is 326 g/mol. The van der Waals surface area contributed by atoms with Crippen LogP contribution < -0.4 is 4.72 Å². The van der Waals surface area contributed by atoms with Crippen molar-refractivity contribution in [2.45, 2.75) is 0 Å². The maximum Gasteiger partial charge on any atom is 0.301 e. The van der Waals surface area contributed by atoms with Crippen molar-refractivity contribution >= 4 is 21.8 Å². The van der Waals surface area contributed by atoms with Crippen molar-refractivity contribution in [1.82, 2.24) is 14.1 Å². The summed E-state index contributed by atoms with van der Waals surface area (Å²) in [5.74, 6) is -0.0184. The molecule has 1 heterocycles. The summed E-state index contributed by atoms with van der Waals surface area (Å²) in [6.45, 7) is 3.16. The second kappa shape index (κ2) is 6.64. The fourth-order valence-corrected chi connectivity index (χ4v) is 2.73. The van der Waals surface area contributed by atoms with E-state index < -0.39 is 10.2 Å². The Kier molecular flexibility index (Phi) is 5.05. The maximum absolute atomic E-state index is 12.4. The van der Waals surface area contributed by atoms with Crippen molar-refractivity contribution in [3.8, 4) is 0 Å². The van der Waals surface area contributed by atoms with E-state index in [2.05, 4.69) is 9.62 Å². The minimum absolute atomic E-state index is 0.0184. The lowest BCUT2D eigenvalue weighted by Crippen LogP contribution is -2.47. The Morgan fingerprint density at radius 3 is 2.14 bits per heavy atom. The van der Waals surface area contributed by atoms with Crippen LogP contribution in [0.1, 0.15) is 10.4 Å². The minimum Gasteiger partial charge on any atom is -0.336 e. The zero-order valence-electron chi connectivity index (χ0n) is 13.1. The van der Waals surface area contributed by atoms with Crippen LogP contribution >= 0.6 is 0 Å². The fraction of sp³-hybridized carbons (Fsp3) is 0.500. The van der Waals surface area contributed by atoms with Crippen molar-refractivity contribution < 1.29 is 13.2 Å². The van der Waals surface area contributed by atoms with E-state index in [1.807, 2.05) is 11.9 Å². The Morgan fingerprint density at radius 2 is 1.64 bits per heavy atom. The molecule has 0 radical (unpaired) electrons. The number of nitrogens with one attached hydrogen (secondary N) is 1. The highest BCUT2D eigenvalue weighted by atomic mass is 32.2. The summed E-state index contributed by atoms with van der Waals surface area (Å²) in [5, 5.41) is 0. The van der Waals surface area contributed by atoms with Gasteiger partial charge in [0, 0.05) is 51.5 Å². The van der Waals surface area contributed by atoms with Crippen molar-refractivity contribution in [2.75, 3.05) is 52.0 Å². The standard InChI is InChI=1S/C14H22N4O3S/c1-16(2)22(20,21)15-13-6-4-12(5-7-13)14(19)18-10-8-17(3)9-11-18/h4-7,15H,8-11H2,1-3H3. The largest absolute Gasteiger partial charge is 0.336 e. The molecule has 1 saturated heterocycles. The van der Waals surface area contributed by atoms with Gasteiger partial charge in [0.1, 0.15) is 0 Å². The fourth-order valence-electron chi connectivity index (χ4n) is 2.11. The van der Waals surface area contributed by atoms with Crippen molar-refractivity contribution in [3.63, 3.8) is 0 Å². The van der Waals surface area contributed by atoms with Crippen LogP contribution in [0.2, 0.25) is 0 Å². The molecule has 0 aromatic heterocycles. The molecule has 7 nitrogen and oxygen atoms in total. The van der Waals surface area contributed by atoms with Crippen LogP contribution in [-0.4, -0.2) is 75.8 Å². The van der Waals surface area contributed by atoms with Gasteiger partial charge in [-0.3, -0.25) is 9.52 Å². The van der Waals surface area contributed by atoms with Gasteiger partial charge in [0.15, 0.2) is 0 Å². The van der Waals surface area contributed by atoms with Gasteiger partial charge >= 0.3 is 10.2 Å². The molecule has 1 fully saturated rings.